The van der Waals surface area contributed by atoms with Crippen LogP contribution >= 0.6 is 0 Å². The largest absolute Gasteiger partial charge is 0.432 e. The van der Waals surface area contributed by atoms with Gasteiger partial charge in [-0.15, -0.1) is 0 Å². The van der Waals surface area contributed by atoms with Crippen LogP contribution < -0.4 is 11.1 Å². The number of hydrogen-bond acceptors (Lipinski definition) is 4. The molecule has 19 heavy (non-hydrogen) atoms. The fraction of sp³-hybridized carbons (Fsp3) is 0.143. The van der Waals surface area contributed by atoms with Gasteiger partial charge in [-0.05, 0) is 25.1 Å². The molecular formula is C14H13N3O2. The number of anilines is 1. The van der Waals surface area contributed by atoms with E-state index in [4.69, 9.17) is 10.2 Å². The first-order valence-corrected chi connectivity index (χ1v) is 5.71. The monoisotopic (exact) mass is 255 g/mol. The van der Waals surface area contributed by atoms with E-state index in [2.05, 4.69) is 22.1 Å². The van der Waals surface area contributed by atoms with Crippen LogP contribution in [0.2, 0.25) is 0 Å². The number of oxazole rings is 1. The Labute approximate surface area is 110 Å². The zero-order chi connectivity index (χ0) is 13.7. The first-order chi connectivity index (χ1) is 9.19. The highest BCUT2D eigenvalue weighted by Gasteiger charge is 2.09. The first-order valence-electron chi connectivity index (χ1n) is 5.71. The smallest absolute Gasteiger partial charge is 0.301 e. The number of aromatic nitrogens is 1. The molecule has 1 aromatic carbocycles. The van der Waals surface area contributed by atoms with Gasteiger partial charge in [-0.2, -0.15) is 4.98 Å². The van der Waals surface area contributed by atoms with E-state index >= 15 is 0 Å². The summed E-state index contributed by atoms with van der Waals surface area (Å²) in [4.78, 5) is 16.0. The molecular weight excluding hydrogens is 242 g/mol. The molecule has 0 radical (unpaired) electrons. The van der Waals surface area contributed by atoms with Crippen molar-refractivity contribution in [2.75, 3.05) is 11.9 Å². The summed E-state index contributed by atoms with van der Waals surface area (Å²) in [7, 11) is 0. The van der Waals surface area contributed by atoms with Crippen LogP contribution in [0.5, 0.6) is 0 Å². The molecule has 1 heterocycles. The molecule has 0 bridgehead atoms. The van der Waals surface area contributed by atoms with Gasteiger partial charge < -0.3 is 10.2 Å². The highest BCUT2D eigenvalue weighted by Crippen LogP contribution is 2.10. The molecule has 0 fully saturated rings. The van der Waals surface area contributed by atoms with Crippen molar-refractivity contribution in [3.8, 4) is 11.8 Å². The molecule has 1 aromatic heterocycles. The molecule has 0 unspecified atom stereocenters. The molecule has 0 aliphatic heterocycles. The molecule has 1 amide bonds. The Morgan fingerprint density at radius 1 is 1.53 bits per heavy atom. The number of hydrogen-bond donors (Lipinski definition) is 2. The minimum absolute atomic E-state index is 0.181. The Morgan fingerprint density at radius 2 is 2.37 bits per heavy atom. The van der Waals surface area contributed by atoms with Crippen molar-refractivity contribution in [2.24, 2.45) is 5.73 Å². The quantitative estimate of drug-likeness (QED) is 0.798. The minimum atomic E-state index is -0.293. The second kappa shape index (κ2) is 5.85. The molecule has 2 rings (SSSR count). The van der Waals surface area contributed by atoms with Crippen LogP contribution in [0.25, 0.3) is 0 Å². The Kier molecular flexibility index (Phi) is 3.96. The highest BCUT2D eigenvalue weighted by molar-refractivity contribution is 6.03. The summed E-state index contributed by atoms with van der Waals surface area (Å²) < 4.78 is 5.06. The predicted molar refractivity (Wildman–Crippen MR) is 71.6 cm³/mol. The van der Waals surface area contributed by atoms with E-state index in [0.29, 0.717) is 11.3 Å². The normalized spacial score (nSPS) is 9.58. The zero-order valence-corrected chi connectivity index (χ0v) is 10.4. The van der Waals surface area contributed by atoms with E-state index in [-0.39, 0.29) is 18.5 Å². The molecule has 0 saturated carbocycles. The van der Waals surface area contributed by atoms with Crippen LogP contribution in [0.15, 0.2) is 34.9 Å². The van der Waals surface area contributed by atoms with Gasteiger partial charge in [0.25, 0.3) is 5.91 Å². The molecule has 3 N–H and O–H groups in total. The van der Waals surface area contributed by atoms with Gasteiger partial charge in [0.05, 0.1) is 12.2 Å². The van der Waals surface area contributed by atoms with Crippen molar-refractivity contribution < 1.29 is 9.21 Å². The Hall–Kier alpha value is -2.58. The third kappa shape index (κ3) is 3.44. The maximum absolute atomic E-state index is 12.0. The Bertz CT molecular complexity index is 650. The zero-order valence-electron chi connectivity index (χ0n) is 10.4. The van der Waals surface area contributed by atoms with E-state index in [1.807, 2.05) is 6.07 Å². The molecule has 0 aliphatic rings. The number of nitrogens with two attached hydrogens (primary N) is 1. The molecule has 5 nitrogen and oxygen atoms in total. The Balaban J connectivity index is 2.15. The summed E-state index contributed by atoms with van der Waals surface area (Å²) in [5, 5.41) is 2.57. The lowest BCUT2D eigenvalue weighted by molar-refractivity contribution is 0.102. The fourth-order valence-electron chi connectivity index (χ4n) is 1.47. The summed E-state index contributed by atoms with van der Waals surface area (Å²) in [6, 6.07) is 7.14. The molecule has 96 valence electrons. The lowest BCUT2D eigenvalue weighted by Crippen LogP contribution is -2.12. The van der Waals surface area contributed by atoms with Gasteiger partial charge in [-0.1, -0.05) is 17.9 Å². The predicted octanol–water partition coefficient (Wildman–Crippen LogP) is 1.55. The number of nitrogens with one attached hydrogen (secondary N) is 1. The first kappa shape index (κ1) is 12.9. The summed E-state index contributed by atoms with van der Waals surface area (Å²) >= 11 is 0. The van der Waals surface area contributed by atoms with E-state index in [1.54, 1.807) is 25.1 Å². The van der Waals surface area contributed by atoms with Gasteiger partial charge in [-0.25, -0.2) is 0 Å². The van der Waals surface area contributed by atoms with Crippen LogP contribution in [0, 0.1) is 18.8 Å². The number of rotatable bonds is 2. The van der Waals surface area contributed by atoms with Crippen LogP contribution in [0.3, 0.4) is 0 Å². The maximum atomic E-state index is 12.0. The standard InChI is InChI=1S/C14H13N3O2/c1-10-9-19-14(16-10)17-13(18)12-6-2-4-11(8-12)5-3-7-15/h2,4,6,8-9H,7,15H2,1H3,(H,16,17,18). The average Bonchev–Trinajstić information content (AvgIpc) is 2.82. The van der Waals surface area contributed by atoms with Crippen LogP contribution in [-0.2, 0) is 0 Å². The Morgan fingerprint density at radius 3 is 3.05 bits per heavy atom. The molecule has 0 spiro atoms. The van der Waals surface area contributed by atoms with Gasteiger partial charge in [-0.3, -0.25) is 10.1 Å². The number of benzene rings is 1. The lowest BCUT2D eigenvalue weighted by Gasteiger charge is -2.01. The van der Waals surface area contributed by atoms with Crippen LogP contribution in [0.4, 0.5) is 6.01 Å². The van der Waals surface area contributed by atoms with Crippen molar-refractivity contribution in [2.45, 2.75) is 6.92 Å². The van der Waals surface area contributed by atoms with Crippen molar-refractivity contribution in [1.29, 1.82) is 0 Å². The van der Waals surface area contributed by atoms with Crippen molar-refractivity contribution in [3.63, 3.8) is 0 Å². The van der Waals surface area contributed by atoms with E-state index in [0.717, 1.165) is 5.56 Å². The maximum Gasteiger partial charge on any atom is 0.301 e. The topological polar surface area (TPSA) is 81.2 Å². The van der Waals surface area contributed by atoms with Gasteiger partial charge in [0.2, 0.25) is 0 Å². The van der Waals surface area contributed by atoms with Crippen molar-refractivity contribution >= 4 is 11.9 Å². The second-order valence-electron chi connectivity index (χ2n) is 3.83. The van der Waals surface area contributed by atoms with Gasteiger partial charge >= 0.3 is 6.01 Å². The summed E-state index contributed by atoms with van der Waals surface area (Å²) in [6.07, 6.45) is 1.47. The highest BCUT2D eigenvalue weighted by atomic mass is 16.4. The van der Waals surface area contributed by atoms with E-state index in [9.17, 15) is 4.79 Å². The van der Waals surface area contributed by atoms with Crippen LogP contribution in [0.1, 0.15) is 21.6 Å². The molecule has 0 saturated heterocycles. The van der Waals surface area contributed by atoms with Gasteiger partial charge in [0, 0.05) is 11.1 Å². The SMILES string of the molecule is Cc1coc(NC(=O)c2cccc(C#CCN)c2)n1. The van der Waals surface area contributed by atoms with Gasteiger partial charge in [0.1, 0.15) is 6.26 Å². The third-order valence-corrected chi connectivity index (χ3v) is 2.30. The molecule has 0 atom stereocenters. The second-order valence-corrected chi connectivity index (χ2v) is 3.83. The van der Waals surface area contributed by atoms with Crippen LogP contribution in [-0.4, -0.2) is 17.4 Å². The van der Waals surface area contributed by atoms with Gasteiger partial charge in [0.15, 0.2) is 0 Å². The number of nitrogens with zero attached hydrogens (tertiary/aromatic N) is 1. The molecule has 2 aromatic rings. The summed E-state index contributed by atoms with van der Waals surface area (Å²) in [5.74, 6) is 5.32. The van der Waals surface area contributed by atoms with E-state index < -0.39 is 0 Å². The number of carbonyl (C=O) groups excluding carboxylic acids is 1. The molecule has 0 aliphatic carbocycles. The van der Waals surface area contributed by atoms with Crippen molar-refractivity contribution in [1.82, 2.24) is 4.98 Å². The molecule has 5 heteroatoms. The van der Waals surface area contributed by atoms with Crippen molar-refractivity contribution in [3.05, 3.63) is 47.3 Å². The average molecular weight is 255 g/mol. The third-order valence-electron chi connectivity index (χ3n) is 2.30. The number of carbonyl (C=O) groups is 1. The summed E-state index contributed by atoms with van der Waals surface area (Å²) in [5.41, 5.74) is 7.23. The lowest BCUT2D eigenvalue weighted by atomic mass is 10.1. The number of aryl methyl sites for hydroxylation is 1. The fourth-order valence-corrected chi connectivity index (χ4v) is 1.47. The summed E-state index contributed by atoms with van der Waals surface area (Å²) in [6.45, 7) is 2.06. The number of amides is 1. The minimum Gasteiger partial charge on any atom is -0.432 e. The van der Waals surface area contributed by atoms with E-state index in [1.165, 1.54) is 6.26 Å².